The smallest absolute Gasteiger partial charge is 0.335 e. The number of hydrogen-bond acceptors (Lipinski definition) is 3. The molecule has 4 nitrogen and oxygen atoms in total. The van der Waals surface area contributed by atoms with E-state index in [1.165, 1.54) is 12.8 Å². The summed E-state index contributed by atoms with van der Waals surface area (Å²) < 4.78 is 0. The molecule has 0 amide bonds. The summed E-state index contributed by atoms with van der Waals surface area (Å²) >= 11 is 0. The fraction of sp³-hybridized carbons (Fsp3) is 0.533. The van der Waals surface area contributed by atoms with Crippen molar-refractivity contribution in [3.05, 3.63) is 29.8 Å². The van der Waals surface area contributed by atoms with Crippen molar-refractivity contribution >= 4 is 11.7 Å². The number of nitrogens with one attached hydrogen (secondary N) is 1. The Bertz CT molecular complexity index is 440. The maximum absolute atomic E-state index is 10.9. The van der Waals surface area contributed by atoms with Crippen LogP contribution in [0.4, 0.5) is 5.69 Å². The molecule has 0 saturated carbocycles. The van der Waals surface area contributed by atoms with Gasteiger partial charge < -0.3 is 15.3 Å². The maximum Gasteiger partial charge on any atom is 0.335 e. The molecule has 1 aromatic carbocycles. The number of anilines is 1. The minimum atomic E-state index is -0.879. The Kier molecular flexibility index (Phi) is 4.43. The summed E-state index contributed by atoms with van der Waals surface area (Å²) in [7, 11) is 2.16. The van der Waals surface area contributed by atoms with E-state index < -0.39 is 5.97 Å². The number of nitrogens with zero attached hydrogens (tertiary/aromatic N) is 1. The molecule has 19 heavy (non-hydrogen) atoms. The Labute approximate surface area is 114 Å². The van der Waals surface area contributed by atoms with Gasteiger partial charge >= 0.3 is 5.97 Å². The van der Waals surface area contributed by atoms with Gasteiger partial charge in [0, 0.05) is 11.7 Å². The van der Waals surface area contributed by atoms with Crippen LogP contribution in [0, 0.1) is 5.92 Å². The van der Waals surface area contributed by atoms with Gasteiger partial charge in [-0.05, 0) is 64.0 Å². The number of rotatable bonds is 4. The van der Waals surface area contributed by atoms with Gasteiger partial charge in [-0.25, -0.2) is 4.79 Å². The van der Waals surface area contributed by atoms with E-state index >= 15 is 0 Å². The van der Waals surface area contributed by atoms with E-state index in [4.69, 9.17) is 5.11 Å². The number of aromatic carboxylic acids is 1. The van der Waals surface area contributed by atoms with Crippen LogP contribution in [0.15, 0.2) is 24.3 Å². The predicted octanol–water partition coefficient (Wildman–Crippen LogP) is 2.53. The first-order valence-electron chi connectivity index (χ1n) is 6.84. The van der Waals surface area contributed by atoms with Gasteiger partial charge in [0.15, 0.2) is 0 Å². The summed E-state index contributed by atoms with van der Waals surface area (Å²) in [5.74, 6) is -0.222. The second kappa shape index (κ2) is 6.06. The molecule has 4 heteroatoms. The minimum absolute atomic E-state index is 0.334. The van der Waals surface area contributed by atoms with Crippen molar-refractivity contribution in [3.8, 4) is 0 Å². The van der Waals surface area contributed by atoms with Gasteiger partial charge in [0.1, 0.15) is 0 Å². The highest BCUT2D eigenvalue weighted by Crippen LogP contribution is 2.23. The third kappa shape index (κ3) is 3.70. The van der Waals surface area contributed by atoms with E-state index in [1.807, 2.05) is 6.07 Å². The van der Waals surface area contributed by atoms with E-state index in [2.05, 4.69) is 24.2 Å². The van der Waals surface area contributed by atoms with Crippen LogP contribution >= 0.6 is 0 Å². The zero-order valence-electron chi connectivity index (χ0n) is 11.6. The number of carboxylic acids is 1. The molecule has 1 heterocycles. The minimum Gasteiger partial charge on any atom is -0.478 e. The molecular formula is C15H22N2O2. The topological polar surface area (TPSA) is 52.6 Å². The second-order valence-electron chi connectivity index (χ2n) is 5.46. The van der Waals surface area contributed by atoms with E-state index in [0.29, 0.717) is 17.5 Å². The lowest BCUT2D eigenvalue weighted by atomic mass is 9.90. The number of carboxylic acid groups (broad SMARTS) is 1. The van der Waals surface area contributed by atoms with Crippen LogP contribution in [-0.4, -0.2) is 42.2 Å². The largest absolute Gasteiger partial charge is 0.478 e. The van der Waals surface area contributed by atoms with Crippen molar-refractivity contribution in [1.82, 2.24) is 4.90 Å². The summed E-state index contributed by atoms with van der Waals surface area (Å²) in [4.78, 5) is 13.3. The third-order valence-electron chi connectivity index (χ3n) is 3.97. The molecule has 1 atom stereocenters. The quantitative estimate of drug-likeness (QED) is 0.875. The standard InChI is InChI=1S/C15H22N2O2/c1-11(12-6-8-17(2)9-7-12)16-14-5-3-4-13(10-14)15(18)19/h3-5,10-12,16H,6-9H2,1-2H3,(H,18,19). The molecule has 1 saturated heterocycles. The Morgan fingerprint density at radius 2 is 2.11 bits per heavy atom. The van der Waals surface area contributed by atoms with Gasteiger partial charge in [-0.1, -0.05) is 6.07 Å². The number of carbonyl (C=O) groups is 1. The molecule has 2 rings (SSSR count). The lowest BCUT2D eigenvalue weighted by Crippen LogP contribution is -2.37. The molecule has 104 valence electrons. The molecule has 0 radical (unpaired) electrons. The van der Waals surface area contributed by atoms with Crippen molar-refractivity contribution in [2.24, 2.45) is 5.92 Å². The van der Waals surface area contributed by atoms with Gasteiger partial charge in [0.25, 0.3) is 0 Å². The molecule has 1 aliphatic heterocycles. The fourth-order valence-corrected chi connectivity index (χ4v) is 2.65. The Balaban J connectivity index is 1.96. The molecule has 0 aliphatic carbocycles. The Morgan fingerprint density at radius 3 is 2.74 bits per heavy atom. The molecule has 1 unspecified atom stereocenters. The molecule has 2 N–H and O–H groups in total. The molecule has 0 spiro atoms. The van der Waals surface area contributed by atoms with Gasteiger partial charge in [-0.3, -0.25) is 0 Å². The molecule has 1 aliphatic rings. The van der Waals surface area contributed by atoms with Crippen molar-refractivity contribution in [2.75, 3.05) is 25.5 Å². The Morgan fingerprint density at radius 1 is 1.42 bits per heavy atom. The number of likely N-dealkylation sites (tertiary alicyclic amines) is 1. The Hall–Kier alpha value is -1.55. The first-order chi connectivity index (χ1) is 9.06. The van der Waals surface area contributed by atoms with E-state index in [9.17, 15) is 4.79 Å². The SMILES string of the molecule is CC(Nc1cccc(C(=O)O)c1)C1CCN(C)CC1. The highest BCUT2D eigenvalue weighted by atomic mass is 16.4. The lowest BCUT2D eigenvalue weighted by molar-refractivity contribution is 0.0697. The van der Waals surface area contributed by atoms with Crippen LogP contribution < -0.4 is 5.32 Å². The van der Waals surface area contributed by atoms with Gasteiger partial charge in [0.05, 0.1) is 5.56 Å². The van der Waals surface area contributed by atoms with Gasteiger partial charge in [-0.2, -0.15) is 0 Å². The van der Waals surface area contributed by atoms with E-state index in [0.717, 1.165) is 18.8 Å². The van der Waals surface area contributed by atoms with Crippen molar-refractivity contribution in [1.29, 1.82) is 0 Å². The predicted molar refractivity (Wildman–Crippen MR) is 76.7 cm³/mol. The molecule has 1 fully saturated rings. The second-order valence-corrected chi connectivity index (χ2v) is 5.46. The zero-order chi connectivity index (χ0) is 13.8. The third-order valence-corrected chi connectivity index (χ3v) is 3.97. The van der Waals surface area contributed by atoms with Crippen molar-refractivity contribution < 1.29 is 9.90 Å². The summed E-state index contributed by atoms with van der Waals surface area (Å²) in [6.45, 7) is 4.47. The highest BCUT2D eigenvalue weighted by Gasteiger charge is 2.22. The van der Waals surface area contributed by atoms with Crippen molar-refractivity contribution in [3.63, 3.8) is 0 Å². The summed E-state index contributed by atoms with van der Waals surface area (Å²) in [6, 6.07) is 7.41. The molecular weight excluding hydrogens is 240 g/mol. The number of hydrogen-bond donors (Lipinski definition) is 2. The lowest BCUT2D eigenvalue weighted by Gasteiger charge is -2.33. The van der Waals surface area contributed by atoms with Crippen molar-refractivity contribution in [2.45, 2.75) is 25.8 Å². The number of piperidine rings is 1. The van der Waals surface area contributed by atoms with Crippen LogP contribution in [0.1, 0.15) is 30.1 Å². The molecule has 0 aromatic heterocycles. The first kappa shape index (κ1) is 13.9. The fourth-order valence-electron chi connectivity index (χ4n) is 2.65. The van der Waals surface area contributed by atoms with Crippen LogP contribution in [0.2, 0.25) is 0 Å². The summed E-state index contributed by atoms with van der Waals surface area (Å²) in [5.41, 5.74) is 1.23. The molecule has 0 bridgehead atoms. The van der Waals surface area contributed by atoms with Gasteiger partial charge in [0.2, 0.25) is 0 Å². The highest BCUT2D eigenvalue weighted by molar-refractivity contribution is 5.88. The zero-order valence-corrected chi connectivity index (χ0v) is 11.6. The van der Waals surface area contributed by atoms with Gasteiger partial charge in [-0.15, -0.1) is 0 Å². The number of benzene rings is 1. The first-order valence-corrected chi connectivity index (χ1v) is 6.84. The average molecular weight is 262 g/mol. The van der Waals surface area contributed by atoms with E-state index in [1.54, 1.807) is 18.2 Å². The van der Waals surface area contributed by atoms with Crippen LogP contribution in [0.5, 0.6) is 0 Å². The molecule has 1 aromatic rings. The van der Waals surface area contributed by atoms with Crippen LogP contribution in [0.25, 0.3) is 0 Å². The average Bonchev–Trinajstić information content (AvgIpc) is 2.39. The van der Waals surface area contributed by atoms with Crippen LogP contribution in [-0.2, 0) is 0 Å². The monoisotopic (exact) mass is 262 g/mol. The summed E-state index contributed by atoms with van der Waals surface area (Å²) in [6.07, 6.45) is 2.40. The normalized spacial score (nSPS) is 19.1. The van der Waals surface area contributed by atoms with E-state index in [-0.39, 0.29) is 0 Å². The maximum atomic E-state index is 10.9. The summed E-state index contributed by atoms with van der Waals surface area (Å²) in [5, 5.41) is 12.4. The van der Waals surface area contributed by atoms with Crippen LogP contribution in [0.3, 0.4) is 0 Å².